The number of primary sulfonamides is 1. The molecular formula is C37H44ClN3O7S. The molecule has 1 aliphatic heterocycles. The highest BCUT2D eigenvalue weighted by atomic mass is 35.5. The molecule has 262 valence electrons. The minimum atomic E-state index is -3.67. The highest BCUT2D eigenvalue weighted by Crippen LogP contribution is 2.46. The molecule has 0 radical (unpaired) electrons. The van der Waals surface area contributed by atoms with Gasteiger partial charge in [0.15, 0.2) is 0 Å². The summed E-state index contributed by atoms with van der Waals surface area (Å²) in [7, 11) is -2.06. The van der Waals surface area contributed by atoms with E-state index in [9.17, 15) is 23.1 Å². The lowest BCUT2D eigenvalue weighted by atomic mass is 9.69. The number of hydrogen-bond donors (Lipinski definition) is 2. The van der Waals surface area contributed by atoms with Crippen LogP contribution < -0.4 is 19.5 Å². The molecule has 3 N–H and O–H groups in total. The van der Waals surface area contributed by atoms with Gasteiger partial charge in [-0.15, -0.1) is 0 Å². The molecule has 1 spiro atoms. The van der Waals surface area contributed by atoms with Crippen LogP contribution >= 0.6 is 11.6 Å². The quantitative estimate of drug-likeness (QED) is 0.246. The Balaban J connectivity index is 1.25. The summed E-state index contributed by atoms with van der Waals surface area (Å²) < 4.78 is 34.9. The SMILES string of the molecule is COc1ccc(CN(C[C@@H]2CC[C@H]2CN2CC3(CCCc4cc(Cl)ccc43)COc3ccc(C(=O)O)cc32)C(=O)CCCS(N)(=O)=O)cc1. The number of halogens is 1. The Kier molecular flexibility index (Phi) is 10.4. The van der Waals surface area contributed by atoms with Crippen molar-refractivity contribution in [1.82, 2.24) is 4.90 Å². The molecule has 49 heavy (non-hydrogen) atoms. The molecule has 3 aliphatic rings. The maximum atomic E-state index is 13.6. The molecule has 1 saturated carbocycles. The monoisotopic (exact) mass is 709 g/mol. The Morgan fingerprint density at radius 2 is 1.88 bits per heavy atom. The summed E-state index contributed by atoms with van der Waals surface area (Å²) in [5, 5.41) is 15.8. The molecule has 6 rings (SSSR count). The smallest absolute Gasteiger partial charge is 0.335 e. The Labute approximate surface area is 293 Å². The van der Waals surface area contributed by atoms with E-state index in [1.165, 1.54) is 11.1 Å². The number of carbonyl (C=O) groups is 2. The van der Waals surface area contributed by atoms with Crippen molar-refractivity contribution < 1.29 is 32.6 Å². The Morgan fingerprint density at radius 3 is 2.57 bits per heavy atom. The van der Waals surface area contributed by atoms with Crippen LogP contribution in [0.3, 0.4) is 0 Å². The minimum Gasteiger partial charge on any atom is -0.497 e. The van der Waals surface area contributed by atoms with Gasteiger partial charge in [-0.3, -0.25) is 4.79 Å². The van der Waals surface area contributed by atoms with Crippen molar-refractivity contribution in [1.29, 1.82) is 0 Å². The van der Waals surface area contributed by atoms with Gasteiger partial charge < -0.3 is 24.4 Å². The molecule has 3 atom stereocenters. The number of carboxylic acid groups (broad SMARTS) is 1. The number of aryl methyl sites for hydroxylation is 1. The van der Waals surface area contributed by atoms with Gasteiger partial charge in [-0.25, -0.2) is 18.4 Å². The highest BCUT2D eigenvalue weighted by molar-refractivity contribution is 7.89. The topological polar surface area (TPSA) is 139 Å². The molecule has 2 aliphatic carbocycles. The molecule has 0 bridgehead atoms. The Morgan fingerprint density at radius 1 is 1.10 bits per heavy atom. The third kappa shape index (κ3) is 8.16. The van der Waals surface area contributed by atoms with Crippen LogP contribution in [0.25, 0.3) is 0 Å². The van der Waals surface area contributed by atoms with Gasteiger partial charge >= 0.3 is 5.97 Å². The summed E-state index contributed by atoms with van der Waals surface area (Å²) in [6.07, 6.45) is 5.07. The number of aromatic carboxylic acids is 1. The molecule has 1 heterocycles. The maximum absolute atomic E-state index is 13.6. The molecule has 12 heteroatoms. The molecule has 10 nitrogen and oxygen atoms in total. The largest absolute Gasteiger partial charge is 0.497 e. The molecule has 0 aromatic heterocycles. The standard InChI is InChI=1S/C37H44ClN3O7S/c1-47-31-12-6-25(7-13-31)20-40(35(42)5-3-17-49(39,45)46)21-28-8-9-29(28)22-41-23-37(16-2-4-26-18-30(38)11-14-32(26)37)24-48-34-15-10-27(36(43)44)19-33(34)41/h6-7,10-15,18-19,28-29H,2-5,8-9,16-17,20-24H2,1H3,(H,43,44)(H2,39,45,46)/t28-,29-,37?/m0/s1. The van der Waals surface area contributed by atoms with Crippen LogP contribution in [0.2, 0.25) is 5.02 Å². The molecular weight excluding hydrogens is 666 g/mol. The summed E-state index contributed by atoms with van der Waals surface area (Å²) in [6, 6.07) is 18.8. The molecule has 1 unspecified atom stereocenters. The van der Waals surface area contributed by atoms with Crippen LogP contribution in [-0.2, 0) is 33.2 Å². The van der Waals surface area contributed by atoms with Gasteiger partial charge in [-0.05, 0) is 110 Å². The van der Waals surface area contributed by atoms with E-state index in [-0.39, 0.29) is 47.3 Å². The summed E-state index contributed by atoms with van der Waals surface area (Å²) in [5.41, 5.74) is 4.11. The van der Waals surface area contributed by atoms with Crippen molar-refractivity contribution in [3.05, 3.63) is 87.9 Å². The predicted molar refractivity (Wildman–Crippen MR) is 189 cm³/mol. The second-order valence-corrected chi connectivity index (χ2v) is 16.0. The number of rotatable bonds is 12. The molecule has 1 fully saturated rings. The lowest BCUT2D eigenvalue weighted by Gasteiger charge is -2.45. The fourth-order valence-electron chi connectivity index (χ4n) is 7.72. The normalized spacial score (nSPS) is 21.5. The van der Waals surface area contributed by atoms with E-state index in [2.05, 4.69) is 17.0 Å². The van der Waals surface area contributed by atoms with E-state index in [1.807, 2.05) is 35.2 Å². The van der Waals surface area contributed by atoms with Crippen molar-refractivity contribution in [2.24, 2.45) is 17.0 Å². The number of fused-ring (bicyclic) bond motifs is 3. The van der Waals surface area contributed by atoms with Crippen LogP contribution in [0.5, 0.6) is 11.5 Å². The number of carboxylic acids is 1. The summed E-state index contributed by atoms with van der Waals surface area (Å²) >= 11 is 6.41. The Hall–Kier alpha value is -3.80. The fraction of sp³-hybridized carbons (Fsp3) is 0.459. The molecule has 3 aromatic rings. The van der Waals surface area contributed by atoms with Gasteiger partial charge in [0.05, 0.1) is 30.7 Å². The van der Waals surface area contributed by atoms with E-state index in [0.29, 0.717) is 43.6 Å². The number of hydrogen-bond acceptors (Lipinski definition) is 7. The predicted octanol–water partition coefficient (Wildman–Crippen LogP) is 5.64. The summed E-state index contributed by atoms with van der Waals surface area (Å²) in [5.74, 6) is 0.516. The van der Waals surface area contributed by atoms with Gasteiger partial charge in [0.2, 0.25) is 15.9 Å². The molecule has 3 aromatic carbocycles. The zero-order chi connectivity index (χ0) is 34.8. The van der Waals surface area contributed by atoms with Gasteiger partial charge in [-0.1, -0.05) is 29.8 Å². The van der Waals surface area contributed by atoms with Crippen LogP contribution in [-0.4, -0.2) is 69.4 Å². The van der Waals surface area contributed by atoms with Crippen molar-refractivity contribution in [2.45, 2.75) is 56.9 Å². The van der Waals surface area contributed by atoms with E-state index < -0.39 is 16.0 Å². The van der Waals surface area contributed by atoms with Gasteiger partial charge in [0.1, 0.15) is 11.5 Å². The zero-order valence-corrected chi connectivity index (χ0v) is 29.3. The number of amides is 1. The fourth-order valence-corrected chi connectivity index (χ4v) is 8.46. The average Bonchev–Trinajstić information content (AvgIpc) is 3.21. The van der Waals surface area contributed by atoms with Crippen LogP contribution in [0.15, 0.2) is 60.7 Å². The number of methoxy groups -OCH3 is 1. The van der Waals surface area contributed by atoms with Crippen LogP contribution in [0, 0.1) is 11.8 Å². The van der Waals surface area contributed by atoms with Crippen molar-refractivity contribution in [3.63, 3.8) is 0 Å². The second-order valence-electron chi connectivity index (χ2n) is 13.8. The lowest BCUT2D eigenvalue weighted by molar-refractivity contribution is -0.133. The number of carbonyl (C=O) groups excluding carboxylic acids is 1. The van der Waals surface area contributed by atoms with Crippen LogP contribution in [0.1, 0.15) is 65.6 Å². The van der Waals surface area contributed by atoms with Gasteiger partial charge in [-0.2, -0.15) is 0 Å². The number of ether oxygens (including phenoxy) is 2. The van der Waals surface area contributed by atoms with E-state index in [1.54, 1.807) is 25.3 Å². The lowest BCUT2D eigenvalue weighted by Crippen LogP contribution is -2.50. The maximum Gasteiger partial charge on any atom is 0.335 e. The van der Waals surface area contributed by atoms with Crippen LogP contribution in [0.4, 0.5) is 5.69 Å². The van der Waals surface area contributed by atoms with Crippen molar-refractivity contribution in [2.75, 3.05) is 44.0 Å². The van der Waals surface area contributed by atoms with Gasteiger partial charge in [0.25, 0.3) is 0 Å². The zero-order valence-electron chi connectivity index (χ0n) is 27.8. The first kappa shape index (κ1) is 35.0. The Bertz CT molecular complexity index is 1800. The first-order chi connectivity index (χ1) is 23.4. The number of sulfonamides is 1. The highest BCUT2D eigenvalue weighted by Gasteiger charge is 2.43. The first-order valence-corrected chi connectivity index (χ1v) is 19.0. The third-order valence-electron chi connectivity index (χ3n) is 10.5. The number of nitrogens with two attached hydrogens (primary N) is 1. The summed E-state index contributed by atoms with van der Waals surface area (Å²) in [4.78, 5) is 29.8. The van der Waals surface area contributed by atoms with Gasteiger partial charge in [0, 0.05) is 43.0 Å². The number of benzene rings is 3. The van der Waals surface area contributed by atoms with Crippen molar-refractivity contribution in [3.8, 4) is 11.5 Å². The number of nitrogens with zero attached hydrogens (tertiary/aromatic N) is 2. The molecule has 1 amide bonds. The van der Waals surface area contributed by atoms with E-state index in [0.717, 1.165) is 49.1 Å². The van der Waals surface area contributed by atoms with E-state index in [4.69, 9.17) is 26.2 Å². The van der Waals surface area contributed by atoms with E-state index >= 15 is 0 Å². The second kappa shape index (κ2) is 14.6. The molecule has 0 saturated heterocycles. The minimum absolute atomic E-state index is 0.0880. The summed E-state index contributed by atoms with van der Waals surface area (Å²) in [6.45, 7) is 2.76. The van der Waals surface area contributed by atoms with Crippen molar-refractivity contribution >= 4 is 39.2 Å². The third-order valence-corrected chi connectivity index (χ3v) is 11.6. The average molecular weight is 710 g/mol. The first-order valence-electron chi connectivity index (χ1n) is 16.9. The number of anilines is 1.